The smallest absolute Gasteiger partial charge is 0.375 e. The van der Waals surface area contributed by atoms with Gasteiger partial charge in [-0.1, -0.05) is 27.4 Å². The van der Waals surface area contributed by atoms with E-state index in [9.17, 15) is 21.6 Å². The van der Waals surface area contributed by atoms with Gasteiger partial charge in [0.1, 0.15) is 0 Å². The summed E-state index contributed by atoms with van der Waals surface area (Å²) in [4.78, 5) is -0.190. The summed E-state index contributed by atoms with van der Waals surface area (Å²) in [6.45, 7) is 8.51. The Bertz CT molecular complexity index is 447. The molecule has 0 aromatic rings. The zero-order chi connectivity index (χ0) is 14.8. The van der Waals surface area contributed by atoms with Gasteiger partial charge >= 0.3 is 15.6 Å². The predicted octanol–water partition coefficient (Wildman–Crippen LogP) is 3.62. The van der Waals surface area contributed by atoms with Crippen LogP contribution in [0.4, 0.5) is 13.2 Å². The lowest BCUT2D eigenvalue weighted by molar-refractivity contribution is -0.0520. The number of halogens is 3. The quantitative estimate of drug-likeness (QED) is 0.277. The Hall–Kier alpha value is -0.630. The van der Waals surface area contributed by atoms with E-state index in [0.717, 1.165) is 0 Å². The van der Waals surface area contributed by atoms with Gasteiger partial charge in [0.2, 0.25) is 0 Å². The normalized spacial score (nSPS) is 14.5. The summed E-state index contributed by atoms with van der Waals surface area (Å²) >= 11 is 3.73. The fourth-order valence-electron chi connectivity index (χ4n) is 0.778. The number of thiol groups is 1. The van der Waals surface area contributed by atoms with E-state index < -0.39 is 26.8 Å². The molecule has 8 heteroatoms. The highest BCUT2D eigenvalue weighted by atomic mass is 32.2. The van der Waals surface area contributed by atoms with E-state index >= 15 is 0 Å². The van der Waals surface area contributed by atoms with Crippen LogP contribution in [-0.4, -0.2) is 13.9 Å². The summed E-state index contributed by atoms with van der Waals surface area (Å²) in [7, 11) is -5.70. The highest BCUT2D eigenvalue weighted by Crippen LogP contribution is 2.32. The molecule has 0 heterocycles. The molecule has 0 aliphatic carbocycles. The first-order valence-corrected chi connectivity index (χ1v) is 6.80. The van der Waals surface area contributed by atoms with Gasteiger partial charge in [0.25, 0.3) is 0 Å². The Morgan fingerprint density at radius 3 is 2.11 bits per heavy atom. The van der Waals surface area contributed by atoms with Crippen molar-refractivity contribution in [3.8, 4) is 0 Å². The molecule has 0 rings (SSSR count). The highest BCUT2D eigenvalue weighted by Gasteiger charge is 2.49. The van der Waals surface area contributed by atoms with Gasteiger partial charge in [-0.15, -0.1) is 12.6 Å². The van der Waals surface area contributed by atoms with Gasteiger partial charge in [-0.3, -0.25) is 0 Å². The van der Waals surface area contributed by atoms with Crippen molar-refractivity contribution in [3.63, 3.8) is 0 Å². The first kappa shape index (κ1) is 17.4. The van der Waals surface area contributed by atoms with Crippen LogP contribution in [0.5, 0.6) is 0 Å². The third-order valence-corrected chi connectivity index (χ3v) is 3.39. The second-order valence-corrected chi connectivity index (χ2v) is 6.36. The molecule has 0 bridgehead atoms. The molecule has 0 unspecified atom stereocenters. The topological polar surface area (TPSA) is 43.4 Å². The van der Waals surface area contributed by atoms with Gasteiger partial charge in [0, 0.05) is 4.91 Å². The van der Waals surface area contributed by atoms with E-state index in [1.54, 1.807) is 20.8 Å². The predicted molar refractivity (Wildman–Crippen MR) is 66.3 cm³/mol. The number of hydrogen-bond acceptors (Lipinski definition) is 4. The third kappa shape index (κ3) is 4.93. The van der Waals surface area contributed by atoms with Crippen LogP contribution < -0.4 is 0 Å². The Balaban J connectivity index is 5.42. The summed E-state index contributed by atoms with van der Waals surface area (Å²) in [5.74, 6) is -0.512. The fourth-order valence-corrected chi connectivity index (χ4v) is 1.43. The van der Waals surface area contributed by atoms with Crippen molar-refractivity contribution in [1.82, 2.24) is 0 Å². The van der Waals surface area contributed by atoms with Crippen LogP contribution in [-0.2, 0) is 14.3 Å². The minimum Gasteiger partial charge on any atom is -0.375 e. The van der Waals surface area contributed by atoms with Crippen LogP contribution in [0.15, 0.2) is 23.3 Å². The third-order valence-electron chi connectivity index (χ3n) is 2.20. The molecule has 0 saturated carbocycles. The molecular formula is C10H15F3O3S2. The van der Waals surface area contributed by atoms with E-state index in [2.05, 4.69) is 23.4 Å². The standard InChI is InChI=1S/C10H15F3O3S2/c1-5-9(3,4)6-8(7(2)17)16-18(14,15)10(11,12)13/h6,17H,2,5H2,1,3-4H3/b8-6+. The monoisotopic (exact) mass is 304 g/mol. The van der Waals surface area contributed by atoms with Gasteiger partial charge in [-0.25, -0.2) is 0 Å². The lowest BCUT2D eigenvalue weighted by atomic mass is 9.89. The fraction of sp³-hybridized carbons (Fsp3) is 0.600. The summed E-state index contributed by atoms with van der Waals surface area (Å²) in [5.41, 5.74) is -6.02. The van der Waals surface area contributed by atoms with E-state index in [-0.39, 0.29) is 4.91 Å². The first-order valence-electron chi connectivity index (χ1n) is 4.94. The Morgan fingerprint density at radius 1 is 1.39 bits per heavy atom. The van der Waals surface area contributed by atoms with Gasteiger partial charge in [-0.05, 0) is 17.9 Å². The molecule has 0 atom stereocenters. The van der Waals surface area contributed by atoms with Gasteiger partial charge in [0.05, 0.1) is 0 Å². The lowest BCUT2D eigenvalue weighted by Gasteiger charge is -2.20. The Labute approximate surface area is 110 Å². The molecule has 0 saturated heterocycles. The van der Waals surface area contributed by atoms with Crippen LogP contribution >= 0.6 is 12.6 Å². The van der Waals surface area contributed by atoms with Crippen molar-refractivity contribution in [3.05, 3.63) is 23.3 Å². The summed E-state index contributed by atoms with van der Waals surface area (Å²) in [6.07, 6.45) is 1.83. The molecule has 0 amide bonds. The lowest BCUT2D eigenvalue weighted by Crippen LogP contribution is -2.25. The molecule has 0 aliphatic heterocycles. The molecule has 0 aromatic heterocycles. The van der Waals surface area contributed by atoms with Crippen molar-refractivity contribution >= 4 is 22.7 Å². The molecule has 0 aromatic carbocycles. The molecule has 106 valence electrons. The maximum absolute atomic E-state index is 12.2. The second-order valence-electron chi connectivity index (χ2n) is 4.28. The van der Waals surface area contributed by atoms with E-state index in [1.165, 1.54) is 6.08 Å². The molecule has 0 N–H and O–H groups in total. The van der Waals surface area contributed by atoms with Crippen LogP contribution in [0.25, 0.3) is 0 Å². The number of alkyl halides is 3. The average molecular weight is 304 g/mol. The molecule has 18 heavy (non-hydrogen) atoms. The van der Waals surface area contributed by atoms with Gasteiger partial charge in [-0.2, -0.15) is 21.6 Å². The van der Waals surface area contributed by atoms with Crippen molar-refractivity contribution in [2.75, 3.05) is 0 Å². The largest absolute Gasteiger partial charge is 0.534 e. The maximum Gasteiger partial charge on any atom is 0.534 e. The van der Waals surface area contributed by atoms with Crippen LogP contribution in [0.2, 0.25) is 0 Å². The van der Waals surface area contributed by atoms with Crippen molar-refractivity contribution < 1.29 is 25.8 Å². The zero-order valence-corrected chi connectivity index (χ0v) is 11.9. The summed E-state index contributed by atoms with van der Waals surface area (Å²) < 4.78 is 62.3. The Kier molecular flexibility index (Phi) is 5.37. The SMILES string of the molecule is C=C(S)/C(=C\C(C)(C)CC)OS(=O)(=O)C(F)(F)F. The molecule has 0 fully saturated rings. The summed E-state index contributed by atoms with van der Waals surface area (Å²) in [6, 6.07) is 0. The molecule has 0 aliphatic rings. The van der Waals surface area contributed by atoms with E-state index in [4.69, 9.17) is 0 Å². The molecule has 0 spiro atoms. The second kappa shape index (κ2) is 5.56. The minimum absolute atomic E-state index is 0.190. The van der Waals surface area contributed by atoms with E-state index in [0.29, 0.717) is 6.42 Å². The highest BCUT2D eigenvalue weighted by molar-refractivity contribution is 7.88. The van der Waals surface area contributed by atoms with Crippen LogP contribution in [0.1, 0.15) is 27.2 Å². The molecule has 0 radical (unpaired) electrons. The van der Waals surface area contributed by atoms with Crippen molar-refractivity contribution in [2.24, 2.45) is 5.41 Å². The van der Waals surface area contributed by atoms with Gasteiger partial charge < -0.3 is 4.18 Å². The number of hydrogen-bond donors (Lipinski definition) is 1. The average Bonchev–Trinajstić information content (AvgIpc) is 2.14. The van der Waals surface area contributed by atoms with Gasteiger partial charge in [0.15, 0.2) is 5.76 Å². The number of rotatable bonds is 5. The van der Waals surface area contributed by atoms with E-state index in [1.807, 2.05) is 0 Å². The summed E-state index contributed by atoms with van der Waals surface area (Å²) in [5, 5.41) is 0. The van der Waals surface area contributed by atoms with Crippen LogP contribution in [0, 0.1) is 5.41 Å². The maximum atomic E-state index is 12.2. The van der Waals surface area contributed by atoms with Crippen molar-refractivity contribution in [1.29, 1.82) is 0 Å². The van der Waals surface area contributed by atoms with Crippen LogP contribution in [0.3, 0.4) is 0 Å². The molecular weight excluding hydrogens is 289 g/mol. The Morgan fingerprint density at radius 2 is 1.83 bits per heavy atom. The first-order chi connectivity index (χ1) is 7.82. The van der Waals surface area contributed by atoms with Crippen molar-refractivity contribution in [2.45, 2.75) is 32.7 Å². The zero-order valence-electron chi connectivity index (χ0n) is 10.2. The minimum atomic E-state index is -5.70. The molecule has 3 nitrogen and oxygen atoms in total. The number of allylic oxidation sites excluding steroid dienone is 1.